The standard InChI is InChI=1S/C38H78IO4P/c39-37-35-33-31-29-27-25-23-21-19-17-15-13-11-9-7-5-3-1-2-4-6-8-10-12-14-16-18-20-22-24-26-28-30-32-34-36-38-43-44(40,41)42/h1-38H2,(H2,40,41,42). The molecule has 0 aliphatic heterocycles. The Morgan fingerprint density at radius 2 is 0.477 bits per heavy atom. The molecule has 0 aromatic rings. The van der Waals surface area contributed by atoms with E-state index in [1.54, 1.807) is 0 Å². The Kier molecular flexibility index (Phi) is 39.0. The van der Waals surface area contributed by atoms with Crippen LogP contribution >= 0.6 is 30.4 Å². The third-order valence-electron chi connectivity index (χ3n) is 9.29. The summed E-state index contributed by atoms with van der Waals surface area (Å²) < 4.78 is 16.4. The van der Waals surface area contributed by atoms with Crippen LogP contribution in [0.5, 0.6) is 0 Å². The SMILES string of the molecule is O=P(O)(O)OCCCCCCCCCCCCCCCCCCCCCCCCCCCCCCCCCCCCCCI. The van der Waals surface area contributed by atoms with Crippen LogP contribution in [-0.4, -0.2) is 20.8 Å². The average molecular weight is 757 g/mol. The fourth-order valence-corrected chi connectivity index (χ4v) is 7.30. The number of halogens is 1. The molecule has 0 aliphatic carbocycles. The lowest BCUT2D eigenvalue weighted by atomic mass is 10.0. The summed E-state index contributed by atoms with van der Waals surface area (Å²) in [5.74, 6) is 0. The van der Waals surface area contributed by atoms with Crippen LogP contribution in [0.1, 0.15) is 231 Å². The van der Waals surface area contributed by atoms with Crippen molar-refractivity contribution in [3.05, 3.63) is 0 Å². The summed E-state index contributed by atoms with van der Waals surface area (Å²) in [5, 5.41) is 0. The molecule has 266 valence electrons. The lowest BCUT2D eigenvalue weighted by Gasteiger charge is -2.05. The zero-order valence-electron chi connectivity index (χ0n) is 29.4. The van der Waals surface area contributed by atoms with E-state index in [1.807, 2.05) is 0 Å². The summed E-state index contributed by atoms with van der Waals surface area (Å²) in [6.07, 6.45) is 50.4. The van der Waals surface area contributed by atoms with Crippen molar-refractivity contribution in [2.45, 2.75) is 231 Å². The van der Waals surface area contributed by atoms with Crippen LogP contribution in [0.15, 0.2) is 0 Å². The van der Waals surface area contributed by atoms with Crippen LogP contribution in [0.4, 0.5) is 0 Å². The highest BCUT2D eigenvalue weighted by molar-refractivity contribution is 14.1. The highest BCUT2D eigenvalue weighted by Gasteiger charge is 2.12. The van der Waals surface area contributed by atoms with Crippen molar-refractivity contribution >= 4 is 30.4 Å². The maximum atomic E-state index is 10.6. The van der Waals surface area contributed by atoms with Crippen molar-refractivity contribution in [3.63, 3.8) is 0 Å². The molecule has 0 amide bonds. The molecule has 0 heterocycles. The van der Waals surface area contributed by atoms with Gasteiger partial charge in [0.25, 0.3) is 0 Å². The lowest BCUT2D eigenvalue weighted by Crippen LogP contribution is -1.92. The minimum atomic E-state index is -4.27. The van der Waals surface area contributed by atoms with Crippen LogP contribution < -0.4 is 0 Å². The van der Waals surface area contributed by atoms with Gasteiger partial charge >= 0.3 is 7.82 Å². The van der Waals surface area contributed by atoms with Gasteiger partial charge in [0.2, 0.25) is 0 Å². The maximum absolute atomic E-state index is 10.6. The second kappa shape index (κ2) is 38.3. The Morgan fingerprint density at radius 3 is 0.636 bits per heavy atom. The fourth-order valence-electron chi connectivity index (χ4n) is 6.39. The predicted molar refractivity (Wildman–Crippen MR) is 203 cm³/mol. The molecule has 0 atom stereocenters. The second-order valence-electron chi connectivity index (χ2n) is 13.7. The molecule has 0 aromatic heterocycles. The van der Waals surface area contributed by atoms with E-state index in [1.165, 1.54) is 216 Å². The molecule has 6 heteroatoms. The number of phosphoric acid groups is 1. The van der Waals surface area contributed by atoms with Gasteiger partial charge in [0.05, 0.1) is 6.61 Å². The molecular formula is C38H78IO4P. The molecule has 2 N–H and O–H groups in total. The molecule has 4 nitrogen and oxygen atoms in total. The van der Waals surface area contributed by atoms with E-state index in [0.717, 1.165) is 19.3 Å². The van der Waals surface area contributed by atoms with E-state index in [2.05, 4.69) is 27.1 Å². The molecule has 0 bridgehead atoms. The normalized spacial score (nSPS) is 12.0. The van der Waals surface area contributed by atoms with Crippen molar-refractivity contribution in [2.75, 3.05) is 11.0 Å². The van der Waals surface area contributed by atoms with Crippen molar-refractivity contribution in [3.8, 4) is 0 Å². The van der Waals surface area contributed by atoms with Gasteiger partial charge in [-0.2, -0.15) is 0 Å². The minimum Gasteiger partial charge on any atom is -0.303 e. The molecule has 0 rings (SSSR count). The number of alkyl halides is 1. The van der Waals surface area contributed by atoms with E-state index in [4.69, 9.17) is 9.79 Å². The topological polar surface area (TPSA) is 66.8 Å². The molecule has 0 saturated heterocycles. The van der Waals surface area contributed by atoms with Gasteiger partial charge in [-0.3, -0.25) is 4.52 Å². The maximum Gasteiger partial charge on any atom is 0.469 e. The molecule has 0 saturated carbocycles. The van der Waals surface area contributed by atoms with E-state index >= 15 is 0 Å². The summed E-state index contributed by atoms with van der Waals surface area (Å²) in [7, 11) is -4.27. The minimum absolute atomic E-state index is 0.171. The number of hydrogen-bond acceptors (Lipinski definition) is 2. The highest BCUT2D eigenvalue weighted by Crippen LogP contribution is 2.35. The monoisotopic (exact) mass is 756 g/mol. The van der Waals surface area contributed by atoms with Crippen LogP contribution in [0, 0.1) is 0 Å². The Morgan fingerprint density at radius 1 is 0.318 bits per heavy atom. The van der Waals surface area contributed by atoms with Crippen LogP contribution in [0.25, 0.3) is 0 Å². The third-order valence-corrected chi connectivity index (χ3v) is 10.6. The highest BCUT2D eigenvalue weighted by atomic mass is 127. The van der Waals surface area contributed by atoms with Crippen molar-refractivity contribution in [1.29, 1.82) is 0 Å². The Labute approximate surface area is 290 Å². The molecule has 0 spiro atoms. The van der Waals surface area contributed by atoms with Gasteiger partial charge in [-0.05, 0) is 17.3 Å². The largest absolute Gasteiger partial charge is 0.469 e. The zero-order chi connectivity index (χ0) is 32.1. The lowest BCUT2D eigenvalue weighted by molar-refractivity contribution is 0.193. The summed E-state index contributed by atoms with van der Waals surface area (Å²) in [4.78, 5) is 17.3. The predicted octanol–water partition coefficient (Wildman–Crippen LogP) is 14.6. The average Bonchev–Trinajstić information content (AvgIpc) is 3.00. The summed E-state index contributed by atoms with van der Waals surface area (Å²) in [6, 6.07) is 0. The summed E-state index contributed by atoms with van der Waals surface area (Å²) >= 11 is 2.50. The smallest absolute Gasteiger partial charge is 0.303 e. The molecule has 0 aliphatic rings. The van der Waals surface area contributed by atoms with Gasteiger partial charge in [-0.15, -0.1) is 0 Å². The molecule has 44 heavy (non-hydrogen) atoms. The Hall–Kier alpha value is 0.840. The first-order valence-corrected chi connectivity index (χ1v) is 22.9. The van der Waals surface area contributed by atoms with Crippen molar-refractivity contribution < 1.29 is 18.9 Å². The van der Waals surface area contributed by atoms with Crippen LogP contribution in [-0.2, 0) is 9.09 Å². The van der Waals surface area contributed by atoms with Gasteiger partial charge in [0, 0.05) is 0 Å². The molecule has 0 radical (unpaired) electrons. The number of unbranched alkanes of at least 4 members (excludes halogenated alkanes) is 35. The number of hydrogen-bond donors (Lipinski definition) is 2. The van der Waals surface area contributed by atoms with Gasteiger partial charge in [-0.1, -0.05) is 241 Å². The van der Waals surface area contributed by atoms with E-state index < -0.39 is 7.82 Å². The number of rotatable bonds is 39. The van der Waals surface area contributed by atoms with E-state index in [0.29, 0.717) is 0 Å². The van der Waals surface area contributed by atoms with Gasteiger partial charge in [-0.25, -0.2) is 4.57 Å². The summed E-state index contributed by atoms with van der Waals surface area (Å²) in [6.45, 7) is 0.171. The molecule has 0 unspecified atom stereocenters. The summed E-state index contributed by atoms with van der Waals surface area (Å²) in [5.41, 5.74) is 0. The van der Waals surface area contributed by atoms with Crippen LogP contribution in [0.2, 0.25) is 0 Å². The fraction of sp³-hybridized carbons (Fsp3) is 1.00. The molecular weight excluding hydrogens is 678 g/mol. The van der Waals surface area contributed by atoms with Crippen molar-refractivity contribution in [1.82, 2.24) is 0 Å². The Balaban J connectivity index is 3.05. The van der Waals surface area contributed by atoms with E-state index in [-0.39, 0.29) is 6.61 Å². The second-order valence-corrected chi connectivity index (χ2v) is 16.1. The van der Waals surface area contributed by atoms with Gasteiger partial charge in [0.1, 0.15) is 0 Å². The Bertz CT molecular complexity index is 571. The first kappa shape index (κ1) is 44.8. The molecule has 0 fully saturated rings. The zero-order valence-corrected chi connectivity index (χ0v) is 32.5. The quantitative estimate of drug-likeness (QED) is 0.0284. The number of phosphoric ester groups is 1. The van der Waals surface area contributed by atoms with Crippen LogP contribution in [0.3, 0.4) is 0 Å². The molecule has 0 aromatic carbocycles. The van der Waals surface area contributed by atoms with E-state index in [9.17, 15) is 4.57 Å². The first-order valence-electron chi connectivity index (χ1n) is 19.8. The first-order chi connectivity index (χ1) is 21.6. The third kappa shape index (κ3) is 42.8. The van der Waals surface area contributed by atoms with Crippen molar-refractivity contribution in [2.24, 2.45) is 0 Å². The van der Waals surface area contributed by atoms with Gasteiger partial charge < -0.3 is 9.79 Å². The van der Waals surface area contributed by atoms with Gasteiger partial charge in [0.15, 0.2) is 0 Å².